The van der Waals surface area contributed by atoms with Crippen molar-refractivity contribution >= 4 is 35.2 Å². The number of aromatic nitrogens is 2. The lowest BCUT2D eigenvalue weighted by Gasteiger charge is -1.90. The van der Waals surface area contributed by atoms with Crippen molar-refractivity contribution in [2.75, 3.05) is 0 Å². The summed E-state index contributed by atoms with van der Waals surface area (Å²) in [4.78, 5) is 15.6. The van der Waals surface area contributed by atoms with Crippen LogP contribution in [0, 0.1) is 6.92 Å². The number of carbonyl (C=O) groups excluding carboxylic acids is 1. The molecule has 0 unspecified atom stereocenters. The molecule has 0 bridgehead atoms. The summed E-state index contributed by atoms with van der Waals surface area (Å²) in [5.41, 5.74) is 1.55. The predicted molar refractivity (Wildman–Crippen MR) is 50.4 cm³/mol. The Morgan fingerprint density at radius 1 is 1.75 bits per heavy atom. The van der Waals surface area contributed by atoms with E-state index in [0.717, 1.165) is 16.9 Å². The van der Waals surface area contributed by atoms with E-state index in [1.54, 1.807) is 4.40 Å². The van der Waals surface area contributed by atoms with Crippen LogP contribution in [0.25, 0.3) is 4.96 Å². The minimum atomic E-state index is 0.500. The lowest BCUT2D eigenvalue weighted by atomic mass is 10.5. The summed E-state index contributed by atoms with van der Waals surface area (Å²) in [6.45, 7) is 1.94. The Morgan fingerprint density at radius 3 is 3.17 bits per heavy atom. The van der Waals surface area contributed by atoms with Gasteiger partial charge in [-0.05, 0) is 6.92 Å². The van der Waals surface area contributed by atoms with Crippen LogP contribution in [-0.4, -0.2) is 15.7 Å². The topological polar surface area (TPSA) is 34.4 Å². The molecule has 62 valence electrons. The van der Waals surface area contributed by atoms with Gasteiger partial charge in [-0.15, -0.1) is 24.0 Å². The summed E-state index contributed by atoms with van der Waals surface area (Å²) in [6.07, 6.45) is 0.780. The van der Waals surface area contributed by atoms with Crippen molar-refractivity contribution in [3.63, 3.8) is 0 Å². The second-order valence-corrected chi connectivity index (χ2v) is 3.69. The number of aryl methyl sites for hydroxylation is 1. The maximum atomic E-state index is 10.6. The van der Waals surface area contributed by atoms with Gasteiger partial charge in [-0.2, -0.15) is 0 Å². The first-order valence-electron chi connectivity index (χ1n) is 3.34. The summed E-state index contributed by atoms with van der Waals surface area (Å²) in [5, 5.41) is 2.46. The summed E-state index contributed by atoms with van der Waals surface area (Å²) in [7, 11) is 0. The molecule has 0 atom stereocenters. The van der Waals surface area contributed by atoms with Crippen LogP contribution in [0.3, 0.4) is 0 Å². The molecule has 0 saturated carbocycles. The van der Waals surface area contributed by atoms with Crippen molar-refractivity contribution in [2.45, 2.75) is 11.9 Å². The summed E-state index contributed by atoms with van der Waals surface area (Å²) in [5.74, 6) is 0. The molecule has 5 heteroatoms. The van der Waals surface area contributed by atoms with Crippen molar-refractivity contribution in [2.24, 2.45) is 0 Å². The number of thiazole rings is 1. The Morgan fingerprint density at radius 2 is 2.50 bits per heavy atom. The monoisotopic (exact) mass is 198 g/mol. The van der Waals surface area contributed by atoms with Gasteiger partial charge in [0.15, 0.2) is 11.2 Å². The molecule has 3 nitrogen and oxygen atoms in total. The van der Waals surface area contributed by atoms with Crippen molar-refractivity contribution in [1.82, 2.24) is 9.38 Å². The first-order valence-corrected chi connectivity index (χ1v) is 4.67. The predicted octanol–water partition coefficient (Wildman–Crippen LogP) is 1.81. The number of hydrogen-bond donors (Lipinski definition) is 1. The molecular formula is C7H6N2OS2. The zero-order valence-electron chi connectivity index (χ0n) is 6.31. The molecule has 0 fully saturated rings. The Kier molecular flexibility index (Phi) is 1.69. The summed E-state index contributed by atoms with van der Waals surface area (Å²) >= 11 is 5.60. The zero-order chi connectivity index (χ0) is 8.72. The molecule has 2 rings (SSSR count). The molecule has 0 aromatic carbocycles. The van der Waals surface area contributed by atoms with Crippen molar-refractivity contribution in [3.8, 4) is 0 Å². The number of carbonyl (C=O) groups is 1. The minimum Gasteiger partial charge on any atom is -0.296 e. The molecule has 0 radical (unpaired) electrons. The number of aldehydes is 1. The third kappa shape index (κ3) is 0.899. The lowest BCUT2D eigenvalue weighted by molar-refractivity contribution is 0.111. The molecule has 12 heavy (non-hydrogen) atoms. The van der Waals surface area contributed by atoms with Gasteiger partial charge >= 0.3 is 0 Å². The molecule has 2 aromatic rings. The number of rotatable bonds is 1. The Bertz CT molecular complexity index is 443. The summed E-state index contributed by atoms with van der Waals surface area (Å²) < 4.78 is 1.81. The molecule has 2 aromatic heterocycles. The van der Waals surface area contributed by atoms with Crippen LogP contribution >= 0.6 is 24.0 Å². The van der Waals surface area contributed by atoms with E-state index in [-0.39, 0.29) is 0 Å². The standard InChI is InChI=1S/C7H6N2OS2/c1-4-3-12-7-8-6(11)5(2-10)9(4)7/h2-3,11H,1H3. The van der Waals surface area contributed by atoms with Crippen LogP contribution in [0.5, 0.6) is 0 Å². The first kappa shape index (κ1) is 7.82. The van der Waals surface area contributed by atoms with Gasteiger partial charge in [-0.1, -0.05) is 0 Å². The molecule has 0 N–H and O–H groups in total. The van der Waals surface area contributed by atoms with Crippen LogP contribution in [-0.2, 0) is 0 Å². The number of nitrogens with zero attached hydrogens (tertiary/aromatic N) is 2. The van der Waals surface area contributed by atoms with E-state index in [1.165, 1.54) is 11.3 Å². The molecule has 0 aliphatic heterocycles. The number of imidazole rings is 1. The van der Waals surface area contributed by atoms with Crippen LogP contribution < -0.4 is 0 Å². The fourth-order valence-electron chi connectivity index (χ4n) is 1.12. The zero-order valence-corrected chi connectivity index (χ0v) is 8.02. The van der Waals surface area contributed by atoms with E-state index in [2.05, 4.69) is 17.6 Å². The van der Waals surface area contributed by atoms with Crippen LogP contribution in [0.4, 0.5) is 0 Å². The molecule has 2 heterocycles. The Labute approximate surface area is 78.5 Å². The third-order valence-corrected chi connectivity index (χ3v) is 2.93. The van der Waals surface area contributed by atoms with E-state index in [9.17, 15) is 4.79 Å². The average Bonchev–Trinajstić information content (AvgIpc) is 2.52. The quantitative estimate of drug-likeness (QED) is 0.560. The second kappa shape index (κ2) is 2.60. The highest BCUT2D eigenvalue weighted by Crippen LogP contribution is 2.21. The lowest BCUT2D eigenvalue weighted by Crippen LogP contribution is -1.90. The van der Waals surface area contributed by atoms with Gasteiger partial charge in [0, 0.05) is 11.1 Å². The highest BCUT2D eigenvalue weighted by Gasteiger charge is 2.10. The van der Waals surface area contributed by atoms with E-state index >= 15 is 0 Å². The third-order valence-electron chi connectivity index (χ3n) is 1.66. The highest BCUT2D eigenvalue weighted by atomic mass is 32.1. The maximum Gasteiger partial charge on any atom is 0.195 e. The van der Waals surface area contributed by atoms with E-state index in [0.29, 0.717) is 10.7 Å². The van der Waals surface area contributed by atoms with Crippen LogP contribution in [0.15, 0.2) is 10.4 Å². The van der Waals surface area contributed by atoms with Crippen molar-refractivity contribution in [1.29, 1.82) is 0 Å². The molecule has 0 aliphatic carbocycles. The SMILES string of the molecule is Cc1csc2nc(S)c(C=O)n12. The minimum absolute atomic E-state index is 0.500. The van der Waals surface area contributed by atoms with Gasteiger partial charge < -0.3 is 0 Å². The van der Waals surface area contributed by atoms with Crippen LogP contribution in [0.1, 0.15) is 16.2 Å². The van der Waals surface area contributed by atoms with Crippen molar-refractivity contribution in [3.05, 3.63) is 16.8 Å². The highest BCUT2D eigenvalue weighted by molar-refractivity contribution is 7.80. The molecule has 0 aliphatic rings. The van der Waals surface area contributed by atoms with Crippen LogP contribution in [0.2, 0.25) is 0 Å². The Hall–Kier alpha value is -0.810. The largest absolute Gasteiger partial charge is 0.296 e. The normalized spacial score (nSPS) is 10.8. The fourth-order valence-corrected chi connectivity index (χ4v) is 2.31. The Balaban J connectivity index is 2.93. The van der Waals surface area contributed by atoms with Gasteiger partial charge in [0.25, 0.3) is 0 Å². The molecular weight excluding hydrogens is 192 g/mol. The fraction of sp³-hybridized carbons (Fsp3) is 0.143. The van der Waals surface area contributed by atoms with Gasteiger partial charge in [0.1, 0.15) is 10.7 Å². The molecule has 0 amide bonds. The molecule has 0 spiro atoms. The van der Waals surface area contributed by atoms with Gasteiger partial charge in [-0.25, -0.2) is 4.98 Å². The van der Waals surface area contributed by atoms with Crippen molar-refractivity contribution < 1.29 is 4.79 Å². The second-order valence-electron chi connectivity index (χ2n) is 2.43. The average molecular weight is 198 g/mol. The first-order chi connectivity index (χ1) is 5.74. The van der Waals surface area contributed by atoms with E-state index in [1.807, 2.05) is 12.3 Å². The number of fused-ring (bicyclic) bond motifs is 1. The molecule has 0 saturated heterocycles. The number of thiol groups is 1. The van der Waals surface area contributed by atoms with E-state index < -0.39 is 0 Å². The van der Waals surface area contributed by atoms with Gasteiger partial charge in [-0.3, -0.25) is 9.20 Å². The van der Waals surface area contributed by atoms with Gasteiger partial charge in [0.2, 0.25) is 0 Å². The maximum absolute atomic E-state index is 10.6. The van der Waals surface area contributed by atoms with E-state index in [4.69, 9.17) is 0 Å². The summed E-state index contributed by atoms with van der Waals surface area (Å²) in [6, 6.07) is 0. The smallest absolute Gasteiger partial charge is 0.195 e. The number of hydrogen-bond acceptors (Lipinski definition) is 4. The van der Waals surface area contributed by atoms with Gasteiger partial charge in [0.05, 0.1) is 0 Å².